The Hall–Kier alpha value is -1.27. The fourth-order valence-electron chi connectivity index (χ4n) is 3.46. The van der Waals surface area contributed by atoms with E-state index in [-0.39, 0.29) is 0 Å². The molecule has 0 radical (unpaired) electrons. The number of likely N-dealkylation sites (tertiary alicyclic amines) is 2. The second kappa shape index (κ2) is 4.38. The van der Waals surface area contributed by atoms with Gasteiger partial charge in [-0.2, -0.15) is 0 Å². The molecule has 2 fully saturated rings. The molecule has 3 atom stereocenters. The minimum absolute atomic E-state index is 0.427. The van der Waals surface area contributed by atoms with Crippen molar-refractivity contribution in [2.75, 3.05) is 33.2 Å². The molecule has 3 aliphatic rings. The van der Waals surface area contributed by atoms with Crippen LogP contribution in [-0.4, -0.2) is 54.6 Å². The van der Waals surface area contributed by atoms with Gasteiger partial charge in [0.15, 0.2) is 5.96 Å². The first-order chi connectivity index (χ1) is 8.99. The van der Waals surface area contributed by atoms with Crippen molar-refractivity contribution in [3.05, 3.63) is 11.9 Å². The van der Waals surface area contributed by atoms with Crippen molar-refractivity contribution >= 4 is 5.96 Å². The summed E-state index contributed by atoms with van der Waals surface area (Å²) in [6, 6.07) is 0. The van der Waals surface area contributed by atoms with Gasteiger partial charge in [-0.15, -0.1) is 0 Å². The number of hydrogen-bond donors (Lipinski definition) is 3. The quantitative estimate of drug-likeness (QED) is 0.614. The SMILES string of the molecule is CCC1(N)C=C(N2CC3CN(C)CC3C2)NC(N)=N1. The monoisotopic (exact) mass is 264 g/mol. The van der Waals surface area contributed by atoms with Gasteiger partial charge < -0.3 is 26.6 Å². The molecule has 2 saturated heterocycles. The van der Waals surface area contributed by atoms with E-state index < -0.39 is 5.66 Å². The zero-order valence-corrected chi connectivity index (χ0v) is 11.8. The number of rotatable bonds is 2. The molecule has 6 nitrogen and oxygen atoms in total. The first-order valence-electron chi connectivity index (χ1n) is 7.06. The largest absolute Gasteiger partial charge is 0.370 e. The lowest BCUT2D eigenvalue weighted by molar-refractivity contribution is 0.309. The average Bonchev–Trinajstić information content (AvgIpc) is 2.85. The number of fused-ring (bicyclic) bond motifs is 1. The summed E-state index contributed by atoms with van der Waals surface area (Å²) in [7, 11) is 2.20. The molecular formula is C13H24N6. The van der Waals surface area contributed by atoms with Gasteiger partial charge in [0.25, 0.3) is 0 Å². The van der Waals surface area contributed by atoms with Gasteiger partial charge in [-0.25, -0.2) is 4.99 Å². The van der Waals surface area contributed by atoms with Crippen molar-refractivity contribution in [3.63, 3.8) is 0 Å². The van der Waals surface area contributed by atoms with Crippen LogP contribution >= 0.6 is 0 Å². The van der Waals surface area contributed by atoms with E-state index in [2.05, 4.69) is 27.2 Å². The molecule has 19 heavy (non-hydrogen) atoms. The van der Waals surface area contributed by atoms with Crippen molar-refractivity contribution in [2.45, 2.75) is 19.0 Å². The van der Waals surface area contributed by atoms with E-state index in [1.165, 1.54) is 13.1 Å². The van der Waals surface area contributed by atoms with E-state index in [1.54, 1.807) is 0 Å². The highest BCUT2D eigenvalue weighted by Crippen LogP contribution is 2.32. The third-order valence-electron chi connectivity index (χ3n) is 4.55. The Morgan fingerprint density at radius 3 is 2.58 bits per heavy atom. The summed E-state index contributed by atoms with van der Waals surface area (Å²) in [5, 5.41) is 3.17. The number of nitrogens with two attached hydrogens (primary N) is 2. The summed E-state index contributed by atoms with van der Waals surface area (Å²) in [6.45, 7) is 6.59. The van der Waals surface area contributed by atoms with Crippen LogP contribution in [0.25, 0.3) is 0 Å². The molecule has 0 amide bonds. The lowest BCUT2D eigenvalue weighted by Gasteiger charge is -2.32. The summed E-state index contributed by atoms with van der Waals surface area (Å²) in [5.74, 6) is 2.99. The number of nitrogens with one attached hydrogen (secondary N) is 1. The van der Waals surface area contributed by atoms with Crippen molar-refractivity contribution in [1.29, 1.82) is 0 Å². The van der Waals surface area contributed by atoms with Gasteiger partial charge in [0.05, 0.1) is 0 Å². The van der Waals surface area contributed by atoms with Gasteiger partial charge in [-0.1, -0.05) is 6.92 Å². The molecular weight excluding hydrogens is 240 g/mol. The highest BCUT2D eigenvalue weighted by molar-refractivity contribution is 5.81. The maximum absolute atomic E-state index is 6.23. The van der Waals surface area contributed by atoms with Gasteiger partial charge in [-0.3, -0.25) is 0 Å². The van der Waals surface area contributed by atoms with Crippen molar-refractivity contribution < 1.29 is 0 Å². The topological polar surface area (TPSA) is 82.9 Å². The van der Waals surface area contributed by atoms with Crippen LogP contribution in [0, 0.1) is 11.8 Å². The van der Waals surface area contributed by atoms with Crippen molar-refractivity contribution in [1.82, 2.24) is 15.1 Å². The molecule has 0 saturated carbocycles. The van der Waals surface area contributed by atoms with Crippen LogP contribution in [0.5, 0.6) is 0 Å². The molecule has 3 unspecified atom stereocenters. The molecule has 106 valence electrons. The number of nitrogens with zero attached hydrogens (tertiary/aromatic N) is 3. The number of hydrogen-bond acceptors (Lipinski definition) is 6. The molecule has 0 bridgehead atoms. The third-order valence-corrected chi connectivity index (χ3v) is 4.55. The third kappa shape index (κ3) is 2.30. The lowest BCUT2D eigenvalue weighted by Crippen LogP contribution is -2.49. The predicted octanol–water partition coefficient (Wildman–Crippen LogP) is -0.696. The molecule has 3 rings (SSSR count). The highest BCUT2D eigenvalue weighted by atomic mass is 15.3. The summed E-state index contributed by atoms with van der Waals surface area (Å²) in [4.78, 5) is 9.09. The van der Waals surface area contributed by atoms with Crippen LogP contribution in [0.1, 0.15) is 13.3 Å². The zero-order valence-electron chi connectivity index (χ0n) is 11.8. The predicted molar refractivity (Wildman–Crippen MR) is 76.1 cm³/mol. The van der Waals surface area contributed by atoms with E-state index in [4.69, 9.17) is 11.5 Å². The van der Waals surface area contributed by atoms with Gasteiger partial charge in [0, 0.05) is 26.2 Å². The molecule has 3 heterocycles. The van der Waals surface area contributed by atoms with E-state index in [9.17, 15) is 0 Å². The summed E-state index contributed by atoms with van der Waals surface area (Å²) in [6.07, 6.45) is 2.77. The van der Waals surface area contributed by atoms with Crippen LogP contribution in [-0.2, 0) is 0 Å². The standard InChI is InChI=1S/C13H24N6/c1-3-13(15)4-11(16-12(14)17-13)19-7-9-5-18(2)6-10(9)8-19/h4,9-10H,3,5-8,15H2,1-2H3,(H3,14,16,17). The molecule has 0 aromatic rings. The highest BCUT2D eigenvalue weighted by Gasteiger charge is 2.40. The smallest absolute Gasteiger partial charge is 0.196 e. The Balaban J connectivity index is 1.74. The van der Waals surface area contributed by atoms with E-state index in [0.717, 1.165) is 37.2 Å². The van der Waals surface area contributed by atoms with E-state index >= 15 is 0 Å². The Bertz CT molecular complexity index is 417. The normalized spacial score (nSPS) is 38.8. The van der Waals surface area contributed by atoms with Gasteiger partial charge in [0.1, 0.15) is 11.5 Å². The molecule has 0 aliphatic carbocycles. The van der Waals surface area contributed by atoms with E-state index in [1.807, 2.05) is 13.0 Å². The van der Waals surface area contributed by atoms with Crippen molar-refractivity contribution in [2.24, 2.45) is 28.3 Å². The Morgan fingerprint density at radius 1 is 1.37 bits per heavy atom. The zero-order chi connectivity index (χ0) is 13.6. The minimum Gasteiger partial charge on any atom is -0.370 e. The van der Waals surface area contributed by atoms with Crippen LogP contribution in [0.15, 0.2) is 16.9 Å². The van der Waals surface area contributed by atoms with E-state index in [0.29, 0.717) is 5.96 Å². The van der Waals surface area contributed by atoms with Gasteiger partial charge in [0.2, 0.25) is 0 Å². The molecule has 0 aromatic heterocycles. The first-order valence-corrected chi connectivity index (χ1v) is 7.06. The molecule has 0 aromatic carbocycles. The molecule has 0 spiro atoms. The second-order valence-electron chi connectivity index (χ2n) is 6.14. The fourth-order valence-corrected chi connectivity index (χ4v) is 3.46. The maximum Gasteiger partial charge on any atom is 0.196 e. The molecule has 5 N–H and O–H groups in total. The first kappa shape index (κ1) is 12.7. The number of aliphatic imine (C=N–C) groups is 1. The molecule has 3 aliphatic heterocycles. The van der Waals surface area contributed by atoms with Crippen LogP contribution in [0.2, 0.25) is 0 Å². The Labute approximate surface area is 114 Å². The molecule has 6 heteroatoms. The number of guanidine groups is 1. The van der Waals surface area contributed by atoms with Crippen LogP contribution in [0.3, 0.4) is 0 Å². The summed E-state index contributed by atoms with van der Waals surface area (Å²) >= 11 is 0. The van der Waals surface area contributed by atoms with Gasteiger partial charge in [-0.05, 0) is 31.4 Å². The lowest BCUT2D eigenvalue weighted by atomic mass is 10.0. The Morgan fingerprint density at radius 2 is 2.00 bits per heavy atom. The maximum atomic E-state index is 6.23. The van der Waals surface area contributed by atoms with Gasteiger partial charge >= 0.3 is 0 Å². The minimum atomic E-state index is -0.654. The van der Waals surface area contributed by atoms with Crippen LogP contribution < -0.4 is 16.8 Å². The summed E-state index contributed by atoms with van der Waals surface area (Å²) in [5.41, 5.74) is 11.4. The summed E-state index contributed by atoms with van der Waals surface area (Å²) < 4.78 is 0. The van der Waals surface area contributed by atoms with Crippen molar-refractivity contribution in [3.8, 4) is 0 Å². The second-order valence-corrected chi connectivity index (χ2v) is 6.14. The fraction of sp³-hybridized carbons (Fsp3) is 0.769. The average molecular weight is 264 g/mol. The Kier molecular flexibility index (Phi) is 2.94. The van der Waals surface area contributed by atoms with Crippen LogP contribution in [0.4, 0.5) is 0 Å².